The van der Waals surface area contributed by atoms with Crippen molar-refractivity contribution >= 4 is 19.2 Å². The lowest BCUT2D eigenvalue weighted by atomic mass is 9.99. The first kappa shape index (κ1) is 16.0. The molecule has 0 radical (unpaired) electrons. The fourth-order valence-electron chi connectivity index (χ4n) is 4.29. The quantitative estimate of drug-likeness (QED) is 0.779. The van der Waals surface area contributed by atoms with E-state index in [2.05, 4.69) is 6.07 Å². The molecule has 120 valence electrons. The zero-order valence-corrected chi connectivity index (χ0v) is 14.2. The number of carboxylic acid groups (broad SMARTS) is 1. The van der Waals surface area contributed by atoms with Gasteiger partial charge in [-0.1, -0.05) is 64.6 Å². The molecule has 0 aromatic heterocycles. The molecule has 2 nitrogen and oxygen atoms in total. The molecular formula is C19H27O2P. The zero-order chi connectivity index (χ0) is 15.4. The Labute approximate surface area is 135 Å². The number of benzene rings is 1. The first-order valence-electron chi connectivity index (χ1n) is 8.88. The van der Waals surface area contributed by atoms with Crippen LogP contribution in [0.4, 0.5) is 0 Å². The second kappa shape index (κ2) is 7.59. The standard InChI is InChI=1S/C19H27O2P/c20-19(21)17-13-7-8-14-18(17)22(15-9-3-1-4-10-15)16-11-5-2-6-12-16/h7-8,13-16H,1-6,9-12H2,(H,20,21). The van der Waals surface area contributed by atoms with Gasteiger partial charge in [0.1, 0.15) is 0 Å². The van der Waals surface area contributed by atoms with Gasteiger partial charge in [-0.15, -0.1) is 0 Å². The molecule has 0 spiro atoms. The van der Waals surface area contributed by atoms with E-state index in [1.165, 1.54) is 69.5 Å². The van der Waals surface area contributed by atoms with Crippen molar-refractivity contribution in [1.29, 1.82) is 0 Å². The normalized spacial score (nSPS) is 21.1. The molecule has 1 aromatic carbocycles. The van der Waals surface area contributed by atoms with Crippen LogP contribution in [0.15, 0.2) is 24.3 Å². The number of rotatable bonds is 4. The molecule has 0 amide bonds. The molecule has 0 heterocycles. The van der Waals surface area contributed by atoms with Crippen molar-refractivity contribution in [1.82, 2.24) is 0 Å². The third-order valence-corrected chi connectivity index (χ3v) is 8.90. The van der Waals surface area contributed by atoms with Gasteiger partial charge >= 0.3 is 5.97 Å². The van der Waals surface area contributed by atoms with Crippen LogP contribution in [0.25, 0.3) is 0 Å². The van der Waals surface area contributed by atoms with Crippen LogP contribution >= 0.6 is 7.92 Å². The highest BCUT2D eigenvalue weighted by atomic mass is 31.1. The van der Waals surface area contributed by atoms with E-state index in [4.69, 9.17) is 0 Å². The van der Waals surface area contributed by atoms with Crippen molar-refractivity contribution in [2.75, 3.05) is 0 Å². The lowest BCUT2D eigenvalue weighted by molar-refractivity contribution is 0.0698. The maximum atomic E-state index is 11.7. The molecule has 0 bridgehead atoms. The van der Waals surface area contributed by atoms with E-state index in [0.29, 0.717) is 5.56 Å². The van der Waals surface area contributed by atoms with Crippen LogP contribution in [-0.2, 0) is 0 Å². The first-order valence-corrected chi connectivity index (χ1v) is 10.4. The Hall–Kier alpha value is -0.880. The summed E-state index contributed by atoms with van der Waals surface area (Å²) in [5, 5.41) is 10.8. The second-order valence-electron chi connectivity index (χ2n) is 6.81. The summed E-state index contributed by atoms with van der Waals surface area (Å²) in [6.07, 6.45) is 13.3. The molecule has 2 fully saturated rings. The SMILES string of the molecule is O=C(O)c1ccccc1P(C1CCCCC1)C1CCCCC1. The van der Waals surface area contributed by atoms with Gasteiger partial charge < -0.3 is 5.11 Å². The molecular weight excluding hydrogens is 291 g/mol. The van der Waals surface area contributed by atoms with Crippen LogP contribution in [-0.4, -0.2) is 22.4 Å². The third kappa shape index (κ3) is 3.54. The van der Waals surface area contributed by atoms with Gasteiger partial charge in [0.05, 0.1) is 5.56 Å². The summed E-state index contributed by atoms with van der Waals surface area (Å²) in [6.45, 7) is 0. The minimum absolute atomic E-state index is 0.326. The Bertz CT molecular complexity index is 484. The summed E-state index contributed by atoms with van der Waals surface area (Å²) < 4.78 is 0. The summed E-state index contributed by atoms with van der Waals surface area (Å²) >= 11 is 0. The molecule has 1 aromatic rings. The van der Waals surface area contributed by atoms with Crippen molar-refractivity contribution in [2.45, 2.75) is 75.5 Å². The van der Waals surface area contributed by atoms with Gasteiger partial charge in [0.25, 0.3) is 0 Å². The Balaban J connectivity index is 1.95. The van der Waals surface area contributed by atoms with E-state index >= 15 is 0 Å². The number of hydrogen-bond acceptors (Lipinski definition) is 1. The third-order valence-electron chi connectivity index (χ3n) is 5.35. The van der Waals surface area contributed by atoms with Crippen LogP contribution < -0.4 is 5.30 Å². The molecule has 2 aliphatic rings. The minimum Gasteiger partial charge on any atom is -0.478 e. The fraction of sp³-hybridized carbons (Fsp3) is 0.632. The number of aromatic carboxylic acids is 1. The van der Waals surface area contributed by atoms with Gasteiger partial charge in [-0.05, 0) is 48.4 Å². The summed E-state index contributed by atoms with van der Waals surface area (Å²) in [5.74, 6) is -0.741. The van der Waals surface area contributed by atoms with Gasteiger partial charge in [-0.2, -0.15) is 0 Å². The van der Waals surface area contributed by atoms with Crippen LogP contribution in [0, 0.1) is 0 Å². The van der Waals surface area contributed by atoms with E-state index in [1.54, 1.807) is 0 Å². The van der Waals surface area contributed by atoms with E-state index in [1.807, 2.05) is 18.2 Å². The maximum Gasteiger partial charge on any atom is 0.336 e. The van der Waals surface area contributed by atoms with Gasteiger partial charge in [-0.3, -0.25) is 0 Å². The first-order chi connectivity index (χ1) is 10.8. The predicted octanol–water partition coefficient (Wildman–Crippen LogP) is 5.16. The largest absolute Gasteiger partial charge is 0.478 e. The Morgan fingerprint density at radius 2 is 1.36 bits per heavy atom. The van der Waals surface area contributed by atoms with Crippen LogP contribution in [0.2, 0.25) is 0 Å². The monoisotopic (exact) mass is 318 g/mol. The van der Waals surface area contributed by atoms with Crippen molar-refractivity contribution in [2.24, 2.45) is 0 Å². The summed E-state index contributed by atoms with van der Waals surface area (Å²) in [5.41, 5.74) is 2.09. The number of carboxylic acids is 1. The number of carbonyl (C=O) groups is 1. The van der Waals surface area contributed by atoms with E-state index in [0.717, 1.165) is 11.3 Å². The zero-order valence-electron chi connectivity index (χ0n) is 13.3. The predicted molar refractivity (Wildman–Crippen MR) is 93.7 cm³/mol. The van der Waals surface area contributed by atoms with Crippen LogP contribution in [0.3, 0.4) is 0 Å². The van der Waals surface area contributed by atoms with E-state index < -0.39 is 5.97 Å². The van der Waals surface area contributed by atoms with Gasteiger partial charge in [-0.25, -0.2) is 4.79 Å². The van der Waals surface area contributed by atoms with E-state index in [9.17, 15) is 9.90 Å². The van der Waals surface area contributed by atoms with Crippen molar-refractivity contribution in [3.63, 3.8) is 0 Å². The average molecular weight is 318 g/mol. The molecule has 1 N–H and O–H groups in total. The molecule has 0 unspecified atom stereocenters. The van der Waals surface area contributed by atoms with Crippen molar-refractivity contribution in [3.05, 3.63) is 29.8 Å². The van der Waals surface area contributed by atoms with Crippen LogP contribution in [0.5, 0.6) is 0 Å². The van der Waals surface area contributed by atoms with Crippen LogP contribution in [0.1, 0.15) is 74.6 Å². The average Bonchev–Trinajstić information content (AvgIpc) is 2.57. The molecule has 0 atom stereocenters. The molecule has 22 heavy (non-hydrogen) atoms. The summed E-state index contributed by atoms with van der Waals surface area (Å²) in [7, 11) is -0.326. The highest BCUT2D eigenvalue weighted by molar-refractivity contribution is 7.67. The van der Waals surface area contributed by atoms with Crippen molar-refractivity contribution in [3.8, 4) is 0 Å². The minimum atomic E-state index is -0.741. The lowest BCUT2D eigenvalue weighted by Gasteiger charge is -2.39. The second-order valence-corrected chi connectivity index (χ2v) is 9.57. The number of hydrogen-bond donors (Lipinski definition) is 1. The molecule has 0 aliphatic heterocycles. The Kier molecular flexibility index (Phi) is 5.52. The fourth-order valence-corrected chi connectivity index (χ4v) is 8.22. The molecule has 3 rings (SSSR count). The topological polar surface area (TPSA) is 37.3 Å². The molecule has 0 saturated heterocycles. The van der Waals surface area contributed by atoms with E-state index in [-0.39, 0.29) is 7.92 Å². The summed E-state index contributed by atoms with van der Waals surface area (Å²) in [4.78, 5) is 11.7. The highest BCUT2D eigenvalue weighted by Crippen LogP contribution is 2.55. The van der Waals surface area contributed by atoms with Gasteiger partial charge in [0.2, 0.25) is 0 Å². The molecule has 2 aliphatic carbocycles. The molecule has 2 saturated carbocycles. The Morgan fingerprint density at radius 3 is 1.86 bits per heavy atom. The Morgan fingerprint density at radius 1 is 0.864 bits per heavy atom. The maximum absolute atomic E-state index is 11.7. The van der Waals surface area contributed by atoms with Gasteiger partial charge in [0.15, 0.2) is 0 Å². The smallest absolute Gasteiger partial charge is 0.336 e. The molecule has 3 heteroatoms. The van der Waals surface area contributed by atoms with Crippen molar-refractivity contribution < 1.29 is 9.90 Å². The highest BCUT2D eigenvalue weighted by Gasteiger charge is 2.34. The lowest BCUT2D eigenvalue weighted by Crippen LogP contribution is -2.28. The van der Waals surface area contributed by atoms with Gasteiger partial charge in [0, 0.05) is 0 Å². The summed E-state index contributed by atoms with van der Waals surface area (Å²) in [6, 6.07) is 7.86.